The van der Waals surface area contributed by atoms with Crippen LogP contribution in [0.4, 0.5) is 0 Å². The minimum Gasteiger partial charge on any atom is -0.508 e. The Hall–Kier alpha value is -2.44. The van der Waals surface area contributed by atoms with E-state index in [1.165, 1.54) is 6.07 Å². The van der Waals surface area contributed by atoms with E-state index in [2.05, 4.69) is 0 Å². The fraction of sp³-hybridized carbons (Fsp3) is 0.680. The molecule has 1 aromatic carbocycles. The highest BCUT2D eigenvalue weighted by Gasteiger charge is 2.49. The summed E-state index contributed by atoms with van der Waals surface area (Å²) < 4.78 is 0. The van der Waals surface area contributed by atoms with Gasteiger partial charge in [-0.2, -0.15) is 0 Å². The van der Waals surface area contributed by atoms with Crippen LogP contribution in [0.3, 0.4) is 0 Å². The number of carboxylic acids is 2. The number of aromatic hydroxyl groups is 3. The molecule has 0 atom stereocenters. The molecule has 1 aliphatic carbocycles. The fourth-order valence-electron chi connectivity index (χ4n) is 4.28. The van der Waals surface area contributed by atoms with Crippen molar-refractivity contribution in [2.75, 3.05) is 0 Å². The Morgan fingerprint density at radius 2 is 1.41 bits per heavy atom. The van der Waals surface area contributed by atoms with Crippen LogP contribution >= 0.6 is 0 Å². The molecule has 0 aliphatic heterocycles. The van der Waals surface area contributed by atoms with Crippen LogP contribution in [0.1, 0.15) is 95.6 Å². The van der Waals surface area contributed by atoms with E-state index in [4.69, 9.17) is 0 Å². The largest absolute Gasteiger partial charge is 0.508 e. The van der Waals surface area contributed by atoms with Crippen molar-refractivity contribution in [2.45, 2.75) is 97.3 Å². The van der Waals surface area contributed by atoms with Gasteiger partial charge in [-0.05, 0) is 65.2 Å². The molecule has 0 radical (unpaired) electrons. The van der Waals surface area contributed by atoms with E-state index in [0.29, 0.717) is 36.8 Å². The van der Waals surface area contributed by atoms with Crippen molar-refractivity contribution in [2.24, 2.45) is 10.8 Å². The zero-order chi connectivity index (χ0) is 23.9. The predicted octanol–water partition coefficient (Wildman–Crippen LogP) is 5.37. The summed E-state index contributed by atoms with van der Waals surface area (Å²) in [6, 6.07) is 1.17. The molecular formula is C25H38O7. The van der Waals surface area contributed by atoms with Gasteiger partial charge in [0.15, 0.2) is 11.5 Å². The van der Waals surface area contributed by atoms with Gasteiger partial charge in [0.05, 0.1) is 10.8 Å². The third-order valence-electron chi connectivity index (χ3n) is 6.92. The molecule has 2 rings (SSSR count). The summed E-state index contributed by atoms with van der Waals surface area (Å²) >= 11 is 0. The van der Waals surface area contributed by atoms with Gasteiger partial charge in [0, 0.05) is 17.2 Å². The molecule has 1 aliphatic rings. The van der Waals surface area contributed by atoms with Crippen molar-refractivity contribution in [3.8, 4) is 17.2 Å². The molecule has 0 amide bonds. The Morgan fingerprint density at radius 3 is 1.97 bits per heavy atom. The molecule has 0 saturated heterocycles. The molecule has 7 nitrogen and oxygen atoms in total. The highest BCUT2D eigenvalue weighted by Crippen LogP contribution is 2.50. The highest BCUT2D eigenvalue weighted by atomic mass is 16.4. The lowest BCUT2D eigenvalue weighted by Crippen LogP contribution is -2.23. The molecule has 0 bridgehead atoms. The summed E-state index contributed by atoms with van der Waals surface area (Å²) in [6.45, 7) is 3.45. The van der Waals surface area contributed by atoms with Crippen LogP contribution in [-0.4, -0.2) is 37.5 Å². The first-order chi connectivity index (χ1) is 15.0. The van der Waals surface area contributed by atoms with Crippen LogP contribution in [0.15, 0.2) is 6.07 Å². The van der Waals surface area contributed by atoms with Crippen LogP contribution in [0, 0.1) is 10.8 Å². The number of phenolic OH excluding ortho intramolecular Hbond substituents is 3. The molecule has 1 fully saturated rings. The van der Waals surface area contributed by atoms with E-state index < -0.39 is 22.8 Å². The zero-order valence-electron chi connectivity index (χ0n) is 19.3. The fourth-order valence-corrected chi connectivity index (χ4v) is 4.28. The first-order valence-corrected chi connectivity index (χ1v) is 11.7. The summed E-state index contributed by atoms with van der Waals surface area (Å²) in [5.41, 5.74) is -0.0297. The molecule has 7 heteroatoms. The van der Waals surface area contributed by atoms with E-state index in [9.17, 15) is 35.1 Å². The maximum absolute atomic E-state index is 11.3. The molecule has 0 unspecified atom stereocenters. The van der Waals surface area contributed by atoms with E-state index in [1.54, 1.807) is 13.8 Å². The lowest BCUT2D eigenvalue weighted by Gasteiger charge is -2.18. The standard InChI is InChI=1S/C25H38O7/c1-24(2,22(29)30)12-8-4-3-6-10-17-18(21(28)20(27)16-19(17)26)11-7-5-9-13-25(14-15-25)23(31)32/h16,26-28H,3-15H2,1-2H3,(H,29,30)(H,31,32). The van der Waals surface area contributed by atoms with E-state index in [1.807, 2.05) is 0 Å². The maximum Gasteiger partial charge on any atom is 0.309 e. The van der Waals surface area contributed by atoms with Gasteiger partial charge in [-0.3, -0.25) is 9.59 Å². The minimum absolute atomic E-state index is 0.0230. The van der Waals surface area contributed by atoms with Gasteiger partial charge in [0.2, 0.25) is 0 Å². The van der Waals surface area contributed by atoms with Crippen molar-refractivity contribution in [1.82, 2.24) is 0 Å². The van der Waals surface area contributed by atoms with E-state index in [-0.39, 0.29) is 17.2 Å². The third kappa shape index (κ3) is 6.78. The topological polar surface area (TPSA) is 135 Å². The van der Waals surface area contributed by atoms with Crippen molar-refractivity contribution < 1.29 is 35.1 Å². The van der Waals surface area contributed by atoms with Crippen LogP contribution in [-0.2, 0) is 22.4 Å². The smallest absolute Gasteiger partial charge is 0.309 e. The number of carboxylic acid groups (broad SMARTS) is 2. The Kier molecular flexibility index (Phi) is 8.81. The van der Waals surface area contributed by atoms with Gasteiger partial charge >= 0.3 is 11.9 Å². The Bertz CT molecular complexity index is 809. The van der Waals surface area contributed by atoms with Crippen molar-refractivity contribution in [1.29, 1.82) is 0 Å². The summed E-state index contributed by atoms with van der Waals surface area (Å²) in [7, 11) is 0. The molecule has 0 heterocycles. The van der Waals surface area contributed by atoms with Crippen LogP contribution in [0.2, 0.25) is 0 Å². The molecule has 1 saturated carbocycles. The van der Waals surface area contributed by atoms with Gasteiger partial charge in [-0.1, -0.05) is 32.1 Å². The Balaban J connectivity index is 1.83. The zero-order valence-corrected chi connectivity index (χ0v) is 19.3. The molecule has 1 aromatic rings. The normalized spacial score (nSPS) is 14.9. The molecule has 32 heavy (non-hydrogen) atoms. The number of phenols is 3. The molecule has 180 valence electrons. The van der Waals surface area contributed by atoms with Crippen molar-refractivity contribution in [3.05, 3.63) is 17.2 Å². The van der Waals surface area contributed by atoms with Crippen LogP contribution in [0.5, 0.6) is 17.2 Å². The second kappa shape index (κ2) is 10.9. The molecule has 5 N–H and O–H groups in total. The van der Waals surface area contributed by atoms with Gasteiger partial charge in [0.1, 0.15) is 5.75 Å². The second-order valence-electron chi connectivity index (χ2n) is 9.97. The number of carbonyl (C=O) groups is 2. The van der Waals surface area contributed by atoms with Gasteiger partial charge < -0.3 is 25.5 Å². The summed E-state index contributed by atoms with van der Waals surface area (Å²) in [5, 5.41) is 49.1. The molecule has 0 spiro atoms. The lowest BCUT2D eigenvalue weighted by molar-refractivity contribution is -0.147. The monoisotopic (exact) mass is 450 g/mol. The maximum atomic E-state index is 11.3. The van der Waals surface area contributed by atoms with Gasteiger partial charge in [-0.25, -0.2) is 0 Å². The lowest BCUT2D eigenvalue weighted by atomic mass is 9.87. The van der Waals surface area contributed by atoms with Crippen molar-refractivity contribution in [3.63, 3.8) is 0 Å². The summed E-state index contributed by atoms with van der Waals surface area (Å²) in [6.07, 6.45) is 9.62. The number of rotatable bonds is 15. The second-order valence-corrected chi connectivity index (χ2v) is 9.97. The molecular weight excluding hydrogens is 412 g/mol. The summed E-state index contributed by atoms with van der Waals surface area (Å²) in [5.74, 6) is -2.04. The van der Waals surface area contributed by atoms with Crippen LogP contribution < -0.4 is 0 Å². The molecule has 0 aromatic heterocycles. The Morgan fingerprint density at radius 1 is 0.844 bits per heavy atom. The predicted molar refractivity (Wildman–Crippen MR) is 121 cm³/mol. The minimum atomic E-state index is -0.790. The SMILES string of the molecule is CC(C)(CCCCCCc1c(O)cc(O)c(O)c1CCCCCC1(C(=O)O)CC1)C(=O)O. The number of hydrogen-bond acceptors (Lipinski definition) is 5. The number of unbranched alkanes of at least 4 members (excludes halogenated alkanes) is 5. The van der Waals surface area contributed by atoms with Gasteiger partial charge in [-0.15, -0.1) is 0 Å². The Labute approximate surface area is 190 Å². The van der Waals surface area contributed by atoms with E-state index >= 15 is 0 Å². The van der Waals surface area contributed by atoms with Crippen molar-refractivity contribution >= 4 is 11.9 Å². The highest BCUT2D eigenvalue weighted by molar-refractivity contribution is 5.77. The van der Waals surface area contributed by atoms with Gasteiger partial charge in [0.25, 0.3) is 0 Å². The third-order valence-corrected chi connectivity index (χ3v) is 6.92. The average molecular weight is 451 g/mol. The quantitative estimate of drug-likeness (QED) is 0.138. The average Bonchev–Trinajstić information content (AvgIpc) is 3.50. The number of benzene rings is 1. The van der Waals surface area contributed by atoms with Crippen LogP contribution in [0.25, 0.3) is 0 Å². The number of hydrogen-bond donors (Lipinski definition) is 5. The first kappa shape index (κ1) is 25.8. The summed E-state index contributed by atoms with van der Waals surface area (Å²) in [4.78, 5) is 22.4. The first-order valence-electron chi connectivity index (χ1n) is 11.7. The van der Waals surface area contributed by atoms with E-state index in [0.717, 1.165) is 57.8 Å². The number of aliphatic carboxylic acids is 2.